The quantitative estimate of drug-likeness (QED) is 0.298. The van der Waals surface area contributed by atoms with Gasteiger partial charge in [-0.25, -0.2) is 4.79 Å². The van der Waals surface area contributed by atoms with Gasteiger partial charge in [0.15, 0.2) is 6.61 Å². The number of likely N-dealkylation sites (tertiary alicyclic amines) is 1. The number of nitro benzene ring substituents is 1. The predicted molar refractivity (Wildman–Crippen MR) is 110 cm³/mol. The molecule has 1 heterocycles. The van der Waals surface area contributed by atoms with Gasteiger partial charge in [-0.1, -0.05) is 12.8 Å². The largest absolute Gasteiger partial charge is 0.452 e. The van der Waals surface area contributed by atoms with Gasteiger partial charge in [0.2, 0.25) is 0 Å². The van der Waals surface area contributed by atoms with Crippen molar-refractivity contribution < 1.29 is 24.0 Å². The van der Waals surface area contributed by atoms with Crippen LogP contribution in [-0.2, 0) is 14.3 Å². The predicted octanol–water partition coefficient (Wildman–Crippen LogP) is 2.99. The molecule has 9 nitrogen and oxygen atoms in total. The van der Waals surface area contributed by atoms with Crippen LogP contribution in [0.3, 0.4) is 0 Å². The third kappa shape index (κ3) is 5.27. The fourth-order valence-corrected chi connectivity index (χ4v) is 4.48. The topological polar surface area (TPSA) is 111 Å². The van der Waals surface area contributed by atoms with Crippen molar-refractivity contribution in [1.29, 1.82) is 0 Å². The summed E-state index contributed by atoms with van der Waals surface area (Å²) in [5.41, 5.74) is 0.217. The molecule has 1 saturated carbocycles. The summed E-state index contributed by atoms with van der Waals surface area (Å²) in [6.45, 7) is 1.16. The molecule has 0 bridgehead atoms. The van der Waals surface area contributed by atoms with Crippen molar-refractivity contribution in [3.8, 4) is 0 Å². The molecule has 1 amide bonds. The number of hydrogen-bond donors (Lipinski definition) is 1. The number of rotatable bonds is 8. The molecule has 1 N–H and O–H groups in total. The van der Waals surface area contributed by atoms with E-state index in [-0.39, 0.29) is 29.8 Å². The summed E-state index contributed by atoms with van der Waals surface area (Å²) in [6, 6.07) is 4.18. The van der Waals surface area contributed by atoms with E-state index in [4.69, 9.17) is 9.47 Å². The molecule has 30 heavy (non-hydrogen) atoms. The molecule has 3 rings (SSSR count). The number of nitrogens with one attached hydrogen (secondary N) is 1. The van der Waals surface area contributed by atoms with Gasteiger partial charge in [-0.05, 0) is 37.7 Å². The smallest absolute Gasteiger partial charge is 0.341 e. The maximum absolute atomic E-state index is 12.8. The molecule has 1 aromatic rings. The number of carbonyl (C=O) groups excluding carboxylic acids is 2. The number of esters is 1. The van der Waals surface area contributed by atoms with Gasteiger partial charge in [0.25, 0.3) is 11.6 Å². The van der Waals surface area contributed by atoms with Gasteiger partial charge in [-0.15, -0.1) is 0 Å². The van der Waals surface area contributed by atoms with Crippen LogP contribution < -0.4 is 5.32 Å². The minimum atomic E-state index is -0.760. The van der Waals surface area contributed by atoms with E-state index in [2.05, 4.69) is 5.32 Å². The third-order valence-electron chi connectivity index (χ3n) is 5.95. The molecule has 0 unspecified atom stereocenters. The molecule has 0 spiro atoms. The number of ether oxygens (including phenoxy) is 2. The van der Waals surface area contributed by atoms with Gasteiger partial charge in [-0.3, -0.25) is 14.9 Å². The Kier molecular flexibility index (Phi) is 7.62. The molecule has 1 aliphatic heterocycles. The number of hydrogen-bond acceptors (Lipinski definition) is 7. The summed E-state index contributed by atoms with van der Waals surface area (Å²) < 4.78 is 10.3. The van der Waals surface area contributed by atoms with Crippen molar-refractivity contribution >= 4 is 23.3 Å². The minimum absolute atomic E-state index is 0.0299. The van der Waals surface area contributed by atoms with Crippen molar-refractivity contribution in [2.45, 2.75) is 44.6 Å². The number of methoxy groups -OCH3 is 1. The molecule has 1 aromatic carbocycles. The maximum atomic E-state index is 12.8. The van der Waals surface area contributed by atoms with Gasteiger partial charge >= 0.3 is 5.97 Å². The van der Waals surface area contributed by atoms with Crippen molar-refractivity contribution in [1.82, 2.24) is 4.90 Å². The Morgan fingerprint density at radius 3 is 2.77 bits per heavy atom. The number of fused-ring (bicyclic) bond motifs is 1. The van der Waals surface area contributed by atoms with Crippen LogP contribution in [0.1, 0.15) is 48.9 Å². The fourth-order valence-electron chi connectivity index (χ4n) is 4.48. The van der Waals surface area contributed by atoms with Crippen LogP contribution in [0.15, 0.2) is 18.2 Å². The summed E-state index contributed by atoms with van der Waals surface area (Å²) >= 11 is 0. The van der Waals surface area contributed by atoms with E-state index in [1.165, 1.54) is 24.6 Å². The van der Waals surface area contributed by atoms with Crippen LogP contribution in [0.25, 0.3) is 0 Å². The first-order valence-corrected chi connectivity index (χ1v) is 10.5. The Morgan fingerprint density at radius 1 is 1.23 bits per heavy atom. The van der Waals surface area contributed by atoms with Crippen LogP contribution in [0, 0.1) is 16.0 Å². The molecule has 164 valence electrons. The highest BCUT2D eigenvalue weighted by Gasteiger charge is 2.36. The summed E-state index contributed by atoms with van der Waals surface area (Å²) in [4.78, 5) is 37.8. The van der Waals surface area contributed by atoms with E-state index in [1.54, 1.807) is 7.11 Å². The lowest BCUT2D eigenvalue weighted by atomic mass is 9.78. The Morgan fingerprint density at radius 2 is 2.00 bits per heavy atom. The standard InChI is InChI=1S/C21H29N3O6/c1-29-12-10-22-18-9-8-16(24(27)28)13-17(18)21(26)30-14-20(25)23-11-4-6-15-5-2-3-7-19(15)23/h8-9,13,15,19,22H,2-7,10-12,14H2,1H3/t15-,19+/m1/s1. The van der Waals surface area contributed by atoms with Crippen molar-refractivity contribution in [2.24, 2.45) is 5.92 Å². The van der Waals surface area contributed by atoms with E-state index in [0.717, 1.165) is 32.1 Å². The molecule has 1 aliphatic carbocycles. The lowest BCUT2D eigenvalue weighted by Gasteiger charge is -2.44. The zero-order valence-corrected chi connectivity index (χ0v) is 17.3. The zero-order valence-electron chi connectivity index (χ0n) is 17.3. The molecular weight excluding hydrogens is 390 g/mol. The highest BCUT2D eigenvalue weighted by Crippen LogP contribution is 2.35. The number of nitro groups is 1. The summed E-state index contributed by atoms with van der Waals surface area (Å²) in [7, 11) is 1.55. The van der Waals surface area contributed by atoms with Crippen LogP contribution in [0.4, 0.5) is 11.4 Å². The molecule has 2 fully saturated rings. The first-order chi connectivity index (χ1) is 14.5. The van der Waals surface area contributed by atoms with Crippen LogP contribution >= 0.6 is 0 Å². The van der Waals surface area contributed by atoms with Gasteiger partial charge in [0.1, 0.15) is 0 Å². The summed E-state index contributed by atoms with van der Waals surface area (Å²) in [6.07, 6.45) is 6.61. The van der Waals surface area contributed by atoms with Crippen molar-refractivity contribution in [2.75, 3.05) is 38.7 Å². The molecule has 1 saturated heterocycles. The Hall–Kier alpha value is -2.68. The van der Waals surface area contributed by atoms with E-state index < -0.39 is 10.9 Å². The van der Waals surface area contributed by atoms with Crippen LogP contribution in [0.5, 0.6) is 0 Å². The monoisotopic (exact) mass is 419 g/mol. The van der Waals surface area contributed by atoms with Gasteiger partial charge in [0, 0.05) is 44.1 Å². The van der Waals surface area contributed by atoms with Crippen LogP contribution in [0.2, 0.25) is 0 Å². The van der Waals surface area contributed by atoms with Gasteiger partial charge in [-0.2, -0.15) is 0 Å². The van der Waals surface area contributed by atoms with Crippen molar-refractivity contribution in [3.05, 3.63) is 33.9 Å². The summed E-state index contributed by atoms with van der Waals surface area (Å²) in [5, 5.41) is 14.1. The Balaban J connectivity index is 1.66. The zero-order chi connectivity index (χ0) is 21.5. The third-order valence-corrected chi connectivity index (χ3v) is 5.95. The average molecular weight is 419 g/mol. The molecular formula is C21H29N3O6. The Labute approximate surface area is 175 Å². The molecule has 2 aliphatic rings. The number of nitrogens with zero attached hydrogens (tertiary/aromatic N) is 2. The van der Waals surface area contributed by atoms with Crippen molar-refractivity contribution in [3.63, 3.8) is 0 Å². The second kappa shape index (κ2) is 10.4. The second-order valence-electron chi connectivity index (χ2n) is 7.82. The van der Waals surface area contributed by atoms with E-state index >= 15 is 0 Å². The summed E-state index contributed by atoms with van der Waals surface area (Å²) in [5.74, 6) is -0.413. The highest BCUT2D eigenvalue weighted by molar-refractivity contribution is 5.97. The fraction of sp³-hybridized carbons (Fsp3) is 0.619. The Bertz CT molecular complexity index is 782. The number of anilines is 1. The molecule has 0 aromatic heterocycles. The number of piperidine rings is 1. The van der Waals surface area contributed by atoms with E-state index in [1.807, 2.05) is 4.90 Å². The number of amides is 1. The second-order valence-corrected chi connectivity index (χ2v) is 7.82. The first-order valence-electron chi connectivity index (χ1n) is 10.5. The lowest BCUT2D eigenvalue weighted by Crippen LogP contribution is -2.50. The minimum Gasteiger partial charge on any atom is -0.452 e. The average Bonchev–Trinajstić information content (AvgIpc) is 2.77. The number of carbonyl (C=O) groups is 2. The molecule has 9 heteroatoms. The molecule has 2 atom stereocenters. The number of benzene rings is 1. The lowest BCUT2D eigenvalue weighted by molar-refractivity contribution is -0.384. The highest BCUT2D eigenvalue weighted by atomic mass is 16.6. The van der Waals surface area contributed by atoms with E-state index in [0.29, 0.717) is 31.3 Å². The van der Waals surface area contributed by atoms with E-state index in [9.17, 15) is 19.7 Å². The molecule has 0 radical (unpaired) electrons. The van der Waals surface area contributed by atoms with Gasteiger partial charge < -0.3 is 19.7 Å². The van der Waals surface area contributed by atoms with Gasteiger partial charge in [0.05, 0.1) is 17.1 Å². The maximum Gasteiger partial charge on any atom is 0.341 e. The first kappa shape index (κ1) is 22.0. The van der Waals surface area contributed by atoms with Crippen LogP contribution in [-0.4, -0.2) is 61.2 Å². The normalized spacial score (nSPS) is 20.9. The SMILES string of the molecule is COCCNc1ccc([N+](=O)[O-])cc1C(=O)OCC(=O)N1CCC[C@H]2CCCC[C@@H]21. The number of non-ortho nitro benzene ring substituents is 1.